The molecule has 0 unspecified atom stereocenters. The molecule has 0 saturated carbocycles. The van der Waals surface area contributed by atoms with E-state index in [4.69, 9.17) is 5.11 Å². The molecule has 1 nitrogen and oxygen atoms in total. The third kappa shape index (κ3) is 1.19. The molecule has 0 saturated heterocycles. The van der Waals surface area contributed by atoms with Crippen LogP contribution < -0.4 is 0 Å². The lowest BCUT2D eigenvalue weighted by molar-refractivity contribution is 0.467. The van der Waals surface area contributed by atoms with Gasteiger partial charge < -0.3 is 5.11 Å². The molecule has 9 heavy (non-hydrogen) atoms. The van der Waals surface area contributed by atoms with Crippen LogP contribution in [0, 0.1) is 12.7 Å². The number of hydrogen-bond donors (Lipinski definition) is 1. The van der Waals surface area contributed by atoms with Crippen LogP contribution in [0.4, 0.5) is 4.39 Å². The quantitative estimate of drug-likeness (QED) is 0.559. The topological polar surface area (TPSA) is 20.2 Å². The molecule has 0 aliphatic rings. The van der Waals surface area contributed by atoms with E-state index in [1.165, 1.54) is 12.1 Å². The molecule has 0 bridgehead atoms. The predicted octanol–water partition coefficient (Wildman–Crippen LogP) is 1.71. The molecule has 1 radical (unpaired) electrons. The first kappa shape index (κ1) is 6.08. The third-order valence-electron chi connectivity index (χ3n) is 1.05. The first-order valence-corrected chi connectivity index (χ1v) is 2.50. The molecule has 0 atom stereocenters. The summed E-state index contributed by atoms with van der Waals surface area (Å²) in [5.41, 5.74) is 0.441. The van der Waals surface area contributed by atoms with Crippen molar-refractivity contribution in [2.45, 2.75) is 0 Å². The maximum atomic E-state index is 12.2. The second-order valence-corrected chi connectivity index (χ2v) is 1.77. The van der Waals surface area contributed by atoms with E-state index >= 15 is 0 Å². The highest BCUT2D eigenvalue weighted by Crippen LogP contribution is 2.15. The fourth-order valence-electron chi connectivity index (χ4n) is 0.537. The monoisotopic (exact) mass is 125 g/mol. The van der Waals surface area contributed by atoms with E-state index in [0.717, 1.165) is 6.07 Å². The number of aromatic hydroxyl groups is 1. The second kappa shape index (κ2) is 2.05. The zero-order valence-corrected chi connectivity index (χ0v) is 4.76. The molecule has 2 heteroatoms. The summed E-state index contributed by atoms with van der Waals surface area (Å²) in [5.74, 6) is -0.546. The Morgan fingerprint density at radius 1 is 1.44 bits per heavy atom. The van der Waals surface area contributed by atoms with E-state index in [9.17, 15) is 4.39 Å². The van der Waals surface area contributed by atoms with Crippen LogP contribution in [0.15, 0.2) is 18.2 Å². The number of phenols is 1. The van der Waals surface area contributed by atoms with E-state index < -0.39 is 5.82 Å². The molecule has 47 valence electrons. The second-order valence-electron chi connectivity index (χ2n) is 1.77. The van der Waals surface area contributed by atoms with Gasteiger partial charge in [-0.2, -0.15) is 0 Å². The average molecular weight is 125 g/mol. The fraction of sp³-hybridized carbons (Fsp3) is 0. The van der Waals surface area contributed by atoms with Crippen molar-refractivity contribution >= 4 is 0 Å². The van der Waals surface area contributed by atoms with Gasteiger partial charge in [0, 0.05) is 6.07 Å². The summed E-state index contributed by atoms with van der Waals surface area (Å²) in [6, 6.07) is 3.70. The van der Waals surface area contributed by atoms with Crippen molar-refractivity contribution in [3.63, 3.8) is 0 Å². The Morgan fingerprint density at radius 2 is 2.11 bits per heavy atom. The van der Waals surface area contributed by atoms with Gasteiger partial charge in [0.15, 0.2) is 0 Å². The van der Waals surface area contributed by atoms with Crippen LogP contribution in [0.3, 0.4) is 0 Å². The summed E-state index contributed by atoms with van der Waals surface area (Å²) in [5, 5.41) is 8.80. The highest BCUT2D eigenvalue weighted by atomic mass is 19.1. The molecule has 0 aromatic heterocycles. The van der Waals surface area contributed by atoms with Crippen LogP contribution in [0.2, 0.25) is 0 Å². The molecule has 0 aliphatic heterocycles. The fourth-order valence-corrected chi connectivity index (χ4v) is 0.537. The normalized spacial score (nSPS) is 9.56. The van der Waals surface area contributed by atoms with Gasteiger partial charge in [-0.05, 0) is 18.6 Å². The van der Waals surface area contributed by atoms with Gasteiger partial charge in [0.2, 0.25) is 0 Å². The third-order valence-corrected chi connectivity index (χ3v) is 1.05. The summed E-state index contributed by atoms with van der Waals surface area (Å²) < 4.78 is 12.2. The zero-order valence-electron chi connectivity index (χ0n) is 4.76. The molecule has 0 spiro atoms. The minimum atomic E-state index is -0.445. The lowest BCUT2D eigenvalue weighted by Gasteiger charge is -1.94. The van der Waals surface area contributed by atoms with Crippen molar-refractivity contribution in [2.75, 3.05) is 0 Å². The molecule has 0 aliphatic carbocycles. The highest BCUT2D eigenvalue weighted by molar-refractivity contribution is 5.34. The average Bonchev–Trinajstić information content (AvgIpc) is 1.80. The van der Waals surface area contributed by atoms with Gasteiger partial charge in [-0.15, -0.1) is 0 Å². The summed E-state index contributed by atoms with van der Waals surface area (Å²) in [4.78, 5) is 0. The Hall–Kier alpha value is -1.05. The van der Waals surface area contributed by atoms with Crippen LogP contribution in [0.5, 0.6) is 5.75 Å². The van der Waals surface area contributed by atoms with E-state index in [0.29, 0.717) is 5.56 Å². The molecule has 1 N–H and O–H groups in total. The summed E-state index contributed by atoms with van der Waals surface area (Å²) in [7, 11) is 0. The van der Waals surface area contributed by atoms with Gasteiger partial charge in [-0.1, -0.05) is 6.07 Å². The van der Waals surface area contributed by atoms with Crippen LogP contribution in [0.1, 0.15) is 5.56 Å². The zero-order chi connectivity index (χ0) is 6.85. The van der Waals surface area contributed by atoms with E-state index in [2.05, 4.69) is 6.92 Å². The summed E-state index contributed by atoms with van der Waals surface area (Å²) in [6.07, 6.45) is 0. The lowest BCUT2D eigenvalue weighted by Crippen LogP contribution is -1.75. The Kier molecular flexibility index (Phi) is 1.39. The van der Waals surface area contributed by atoms with E-state index in [1.54, 1.807) is 0 Å². The van der Waals surface area contributed by atoms with Crippen molar-refractivity contribution in [1.82, 2.24) is 0 Å². The van der Waals surface area contributed by atoms with Crippen molar-refractivity contribution in [3.05, 3.63) is 36.5 Å². The van der Waals surface area contributed by atoms with Crippen molar-refractivity contribution in [2.24, 2.45) is 0 Å². The van der Waals surface area contributed by atoms with Crippen LogP contribution in [-0.4, -0.2) is 5.11 Å². The van der Waals surface area contributed by atoms with Crippen molar-refractivity contribution < 1.29 is 9.50 Å². The molecular formula is C7H6FO. The SMILES string of the molecule is [CH2]c1ccc(F)cc1O. The maximum Gasteiger partial charge on any atom is 0.126 e. The smallest absolute Gasteiger partial charge is 0.126 e. The molecular weight excluding hydrogens is 119 g/mol. The largest absolute Gasteiger partial charge is 0.508 e. The highest BCUT2D eigenvalue weighted by Gasteiger charge is 1.94. The lowest BCUT2D eigenvalue weighted by atomic mass is 10.2. The Morgan fingerprint density at radius 3 is 2.56 bits per heavy atom. The molecule has 1 rings (SSSR count). The van der Waals surface area contributed by atoms with Crippen LogP contribution >= 0.6 is 0 Å². The van der Waals surface area contributed by atoms with Gasteiger partial charge in [0.05, 0.1) is 0 Å². The Labute approximate surface area is 52.8 Å². The Balaban J connectivity index is 3.17. The molecule has 0 amide bonds. The van der Waals surface area contributed by atoms with Crippen LogP contribution in [-0.2, 0) is 0 Å². The van der Waals surface area contributed by atoms with Crippen molar-refractivity contribution in [1.29, 1.82) is 0 Å². The molecule has 1 aromatic carbocycles. The molecule has 0 heterocycles. The standard InChI is InChI=1S/C7H6FO/c1-5-2-3-6(8)4-7(5)9/h2-4,9H,1H2. The minimum Gasteiger partial charge on any atom is -0.508 e. The Bertz CT molecular complexity index is 220. The summed E-state index contributed by atoms with van der Waals surface area (Å²) >= 11 is 0. The van der Waals surface area contributed by atoms with Gasteiger partial charge in [0.25, 0.3) is 0 Å². The first-order valence-electron chi connectivity index (χ1n) is 2.50. The number of phenolic OH excluding ortho intramolecular Hbond substituents is 1. The van der Waals surface area contributed by atoms with Crippen molar-refractivity contribution in [3.8, 4) is 5.75 Å². The number of hydrogen-bond acceptors (Lipinski definition) is 1. The maximum absolute atomic E-state index is 12.2. The van der Waals surface area contributed by atoms with Gasteiger partial charge in [0.1, 0.15) is 11.6 Å². The predicted molar refractivity (Wildman–Crippen MR) is 32.5 cm³/mol. The van der Waals surface area contributed by atoms with Crippen LogP contribution in [0.25, 0.3) is 0 Å². The molecule has 1 aromatic rings. The molecule has 0 fully saturated rings. The van der Waals surface area contributed by atoms with Gasteiger partial charge in [-0.25, -0.2) is 4.39 Å². The number of rotatable bonds is 0. The van der Waals surface area contributed by atoms with E-state index in [-0.39, 0.29) is 5.75 Å². The van der Waals surface area contributed by atoms with E-state index in [1.807, 2.05) is 0 Å². The summed E-state index contributed by atoms with van der Waals surface area (Å²) in [6.45, 7) is 3.44. The first-order chi connectivity index (χ1) is 4.20. The number of halogens is 1. The van der Waals surface area contributed by atoms with Gasteiger partial charge in [-0.3, -0.25) is 0 Å². The van der Waals surface area contributed by atoms with Gasteiger partial charge >= 0.3 is 0 Å². The minimum absolute atomic E-state index is 0.102. The number of benzene rings is 1.